The fraction of sp³-hybridized carbons (Fsp3) is 0.417. The van der Waals surface area contributed by atoms with E-state index in [9.17, 15) is 9.18 Å². The van der Waals surface area contributed by atoms with Crippen LogP contribution in [0.5, 0.6) is 0 Å². The quantitative estimate of drug-likeness (QED) is 0.705. The van der Waals surface area contributed by atoms with Crippen molar-refractivity contribution in [3.63, 3.8) is 0 Å². The van der Waals surface area contributed by atoms with E-state index in [1.807, 2.05) is 6.26 Å². The predicted octanol–water partition coefficient (Wildman–Crippen LogP) is 1.25. The molecule has 18 heavy (non-hydrogen) atoms. The van der Waals surface area contributed by atoms with Crippen molar-refractivity contribution in [2.45, 2.75) is 18.2 Å². The maximum atomic E-state index is 12.9. The zero-order valence-corrected chi connectivity index (χ0v) is 11.1. The number of hydrogen-bond donors (Lipinski definition) is 3. The molecule has 0 aliphatic carbocycles. The van der Waals surface area contributed by atoms with Crippen molar-refractivity contribution in [3.8, 4) is 0 Å². The van der Waals surface area contributed by atoms with E-state index in [0.717, 1.165) is 6.07 Å². The van der Waals surface area contributed by atoms with Crippen molar-refractivity contribution >= 4 is 23.4 Å². The molecule has 0 saturated heterocycles. The van der Waals surface area contributed by atoms with Gasteiger partial charge < -0.3 is 16.2 Å². The van der Waals surface area contributed by atoms with E-state index in [1.54, 1.807) is 6.92 Å². The summed E-state index contributed by atoms with van der Waals surface area (Å²) in [5.74, 6) is -0.845. The second-order valence-electron chi connectivity index (χ2n) is 3.95. The minimum Gasteiger partial charge on any atom is -0.398 e. The highest BCUT2D eigenvalue weighted by Crippen LogP contribution is 2.15. The summed E-state index contributed by atoms with van der Waals surface area (Å²) < 4.78 is 12.9. The standard InChI is InChI=1S/C12H17FN2O2S/c1-7(11(6-16)18-2)15-12(17)9-4-3-8(13)5-10(9)14/h3-5,7,11,16H,6,14H2,1-2H3,(H,15,17). The minimum atomic E-state index is -0.477. The molecule has 1 rings (SSSR count). The lowest BCUT2D eigenvalue weighted by molar-refractivity contribution is 0.0937. The number of carbonyl (C=O) groups excluding carboxylic acids is 1. The molecule has 1 amide bonds. The average Bonchev–Trinajstić information content (AvgIpc) is 2.30. The summed E-state index contributed by atoms with van der Waals surface area (Å²) in [5, 5.41) is 11.8. The van der Waals surface area contributed by atoms with Crippen LogP contribution < -0.4 is 11.1 Å². The maximum absolute atomic E-state index is 12.9. The Balaban J connectivity index is 2.76. The number of amides is 1. The molecule has 1 aromatic carbocycles. The van der Waals surface area contributed by atoms with Crippen LogP contribution in [0.4, 0.5) is 10.1 Å². The molecular formula is C12H17FN2O2S. The number of nitrogen functional groups attached to an aromatic ring is 1. The van der Waals surface area contributed by atoms with Crippen molar-refractivity contribution < 1.29 is 14.3 Å². The summed E-state index contributed by atoms with van der Waals surface area (Å²) in [6.07, 6.45) is 1.86. The molecule has 0 saturated carbocycles. The van der Waals surface area contributed by atoms with Crippen LogP contribution in [0.2, 0.25) is 0 Å². The van der Waals surface area contributed by atoms with E-state index in [-0.39, 0.29) is 35.1 Å². The van der Waals surface area contributed by atoms with Gasteiger partial charge in [-0.1, -0.05) is 0 Å². The molecule has 0 aliphatic heterocycles. The normalized spacial score (nSPS) is 14.0. The number of thioether (sulfide) groups is 1. The van der Waals surface area contributed by atoms with Crippen molar-refractivity contribution in [1.29, 1.82) is 0 Å². The van der Waals surface area contributed by atoms with Crippen LogP contribution in [0.15, 0.2) is 18.2 Å². The molecule has 1 aromatic rings. The summed E-state index contributed by atoms with van der Waals surface area (Å²) >= 11 is 1.47. The highest BCUT2D eigenvalue weighted by Gasteiger charge is 2.19. The molecule has 0 fully saturated rings. The van der Waals surface area contributed by atoms with Crippen LogP contribution in [0.25, 0.3) is 0 Å². The number of aliphatic hydroxyl groups is 1. The Morgan fingerprint density at radius 1 is 1.61 bits per heavy atom. The van der Waals surface area contributed by atoms with E-state index >= 15 is 0 Å². The molecular weight excluding hydrogens is 255 g/mol. The third-order valence-electron chi connectivity index (χ3n) is 2.66. The fourth-order valence-corrected chi connectivity index (χ4v) is 2.18. The Bertz CT molecular complexity index is 425. The first-order chi connectivity index (χ1) is 8.49. The van der Waals surface area contributed by atoms with Crippen LogP contribution in [0, 0.1) is 5.82 Å². The number of carbonyl (C=O) groups is 1. The van der Waals surface area contributed by atoms with Gasteiger partial charge in [0.1, 0.15) is 5.82 Å². The maximum Gasteiger partial charge on any atom is 0.253 e. The summed E-state index contributed by atoms with van der Waals surface area (Å²) in [6, 6.07) is 3.44. The van der Waals surface area contributed by atoms with Gasteiger partial charge in [-0.2, -0.15) is 11.8 Å². The first kappa shape index (κ1) is 14.8. The first-order valence-electron chi connectivity index (χ1n) is 5.49. The first-order valence-corrected chi connectivity index (χ1v) is 6.78. The summed E-state index contributed by atoms with van der Waals surface area (Å²) in [5.41, 5.74) is 5.92. The Kier molecular flexibility index (Phi) is 5.43. The van der Waals surface area contributed by atoms with Crippen molar-refractivity contribution in [1.82, 2.24) is 5.32 Å². The second-order valence-corrected chi connectivity index (χ2v) is 5.03. The highest BCUT2D eigenvalue weighted by atomic mass is 32.2. The number of benzene rings is 1. The molecule has 4 N–H and O–H groups in total. The summed E-state index contributed by atoms with van der Waals surface area (Å²) in [6.45, 7) is 1.77. The van der Waals surface area contributed by atoms with Crippen molar-refractivity contribution in [2.24, 2.45) is 0 Å². The second kappa shape index (κ2) is 6.61. The predicted molar refractivity (Wildman–Crippen MR) is 72.1 cm³/mol. The van der Waals surface area contributed by atoms with Crippen LogP contribution in [0.1, 0.15) is 17.3 Å². The SMILES string of the molecule is CSC(CO)C(C)NC(=O)c1ccc(F)cc1N. The van der Waals surface area contributed by atoms with E-state index in [1.165, 1.54) is 23.9 Å². The van der Waals surface area contributed by atoms with Gasteiger partial charge in [0.05, 0.1) is 12.2 Å². The molecule has 0 aromatic heterocycles. The van der Waals surface area contributed by atoms with Crippen LogP contribution in [-0.4, -0.2) is 35.2 Å². The van der Waals surface area contributed by atoms with E-state index in [0.29, 0.717) is 0 Å². The van der Waals surface area contributed by atoms with Gasteiger partial charge >= 0.3 is 0 Å². The number of nitrogens with one attached hydrogen (secondary N) is 1. The Morgan fingerprint density at radius 3 is 2.78 bits per heavy atom. The lowest BCUT2D eigenvalue weighted by Crippen LogP contribution is -2.41. The van der Waals surface area contributed by atoms with E-state index < -0.39 is 5.82 Å². The molecule has 6 heteroatoms. The minimum absolute atomic E-state index is 0.0263. The number of halogens is 1. The van der Waals surface area contributed by atoms with Gasteiger partial charge in [0.15, 0.2) is 0 Å². The van der Waals surface area contributed by atoms with Crippen LogP contribution in [0.3, 0.4) is 0 Å². The summed E-state index contributed by atoms with van der Waals surface area (Å²) in [4.78, 5) is 11.9. The van der Waals surface area contributed by atoms with Crippen LogP contribution in [-0.2, 0) is 0 Å². The molecule has 2 unspecified atom stereocenters. The van der Waals surface area contributed by atoms with Gasteiger partial charge in [-0.05, 0) is 31.4 Å². The monoisotopic (exact) mass is 272 g/mol. The Morgan fingerprint density at radius 2 is 2.28 bits per heavy atom. The molecule has 2 atom stereocenters. The average molecular weight is 272 g/mol. The van der Waals surface area contributed by atoms with Gasteiger partial charge in [0.2, 0.25) is 0 Å². The Hall–Kier alpha value is -1.27. The molecule has 4 nitrogen and oxygen atoms in total. The highest BCUT2D eigenvalue weighted by molar-refractivity contribution is 7.99. The van der Waals surface area contributed by atoms with Crippen molar-refractivity contribution in [3.05, 3.63) is 29.6 Å². The third-order valence-corrected chi connectivity index (χ3v) is 3.82. The smallest absolute Gasteiger partial charge is 0.253 e. The van der Waals surface area contributed by atoms with E-state index in [2.05, 4.69) is 5.32 Å². The lowest BCUT2D eigenvalue weighted by Gasteiger charge is -2.21. The van der Waals surface area contributed by atoms with Gasteiger partial charge in [-0.3, -0.25) is 4.79 Å². The number of nitrogens with two attached hydrogens (primary N) is 1. The topological polar surface area (TPSA) is 75.3 Å². The van der Waals surface area contributed by atoms with Gasteiger partial charge in [0, 0.05) is 17.0 Å². The number of rotatable bonds is 5. The molecule has 0 aliphatic rings. The molecule has 0 heterocycles. The molecule has 0 spiro atoms. The van der Waals surface area contributed by atoms with E-state index in [4.69, 9.17) is 10.8 Å². The summed E-state index contributed by atoms with van der Waals surface area (Å²) in [7, 11) is 0. The van der Waals surface area contributed by atoms with Crippen LogP contribution >= 0.6 is 11.8 Å². The third kappa shape index (κ3) is 3.61. The Labute approximate surface area is 110 Å². The lowest BCUT2D eigenvalue weighted by atomic mass is 10.1. The molecule has 100 valence electrons. The fourth-order valence-electron chi connectivity index (χ4n) is 1.55. The number of aliphatic hydroxyl groups excluding tert-OH is 1. The largest absolute Gasteiger partial charge is 0.398 e. The zero-order chi connectivity index (χ0) is 13.7. The van der Waals surface area contributed by atoms with Gasteiger partial charge in [-0.15, -0.1) is 0 Å². The van der Waals surface area contributed by atoms with Crippen molar-refractivity contribution in [2.75, 3.05) is 18.6 Å². The zero-order valence-electron chi connectivity index (χ0n) is 10.3. The molecule has 0 radical (unpaired) electrons. The van der Waals surface area contributed by atoms with Gasteiger partial charge in [0.25, 0.3) is 5.91 Å². The molecule has 0 bridgehead atoms. The number of anilines is 1. The number of hydrogen-bond acceptors (Lipinski definition) is 4. The van der Waals surface area contributed by atoms with Gasteiger partial charge in [-0.25, -0.2) is 4.39 Å².